The van der Waals surface area contributed by atoms with E-state index in [0.717, 1.165) is 0 Å². The van der Waals surface area contributed by atoms with Crippen LogP contribution in [0.1, 0.15) is 10.5 Å². The fraction of sp³-hybridized carbons (Fsp3) is 0.0909. The van der Waals surface area contributed by atoms with Gasteiger partial charge in [0.2, 0.25) is 0 Å². The Labute approximate surface area is 109 Å². The predicted octanol–water partition coefficient (Wildman–Crippen LogP) is 3.39. The Morgan fingerprint density at radius 2 is 2.05 bits per heavy atom. The first-order valence-corrected chi connectivity index (χ1v) is 5.82. The maximum atomic E-state index is 12.2. The van der Waals surface area contributed by atoms with Crippen molar-refractivity contribution in [2.45, 2.75) is 10.4 Å². The Morgan fingerprint density at radius 3 is 2.63 bits per heavy atom. The van der Waals surface area contributed by atoms with Gasteiger partial charge in [0.15, 0.2) is 0 Å². The second-order valence-electron chi connectivity index (χ2n) is 3.55. The summed E-state index contributed by atoms with van der Waals surface area (Å²) in [5.41, 5.74) is -3.79. The Morgan fingerprint density at radius 1 is 1.32 bits per heavy atom. The summed E-state index contributed by atoms with van der Waals surface area (Å²) in [5.74, 6) is -1.18. The van der Waals surface area contributed by atoms with E-state index in [1.165, 1.54) is 24.3 Å². The van der Waals surface area contributed by atoms with Gasteiger partial charge in [-0.1, -0.05) is 12.1 Å². The standard InChI is InChI=1S/C11H7F3N2O2S/c12-11(13,14)19-7-3-1-2-6(4-7)8-5-9(10(17)18)16-15-8/h1-5H,(H,15,16)(H,17,18). The Bertz CT molecular complexity index is 610. The molecule has 0 fully saturated rings. The van der Waals surface area contributed by atoms with Crippen molar-refractivity contribution in [3.63, 3.8) is 0 Å². The van der Waals surface area contributed by atoms with Gasteiger partial charge < -0.3 is 5.11 Å². The van der Waals surface area contributed by atoms with Crippen LogP contribution in [0.4, 0.5) is 13.2 Å². The first kappa shape index (κ1) is 13.5. The number of alkyl halides is 3. The van der Waals surface area contributed by atoms with Crippen LogP contribution in [0, 0.1) is 0 Å². The van der Waals surface area contributed by atoms with E-state index in [1.807, 2.05) is 0 Å². The molecule has 1 aromatic carbocycles. The molecule has 2 N–H and O–H groups in total. The summed E-state index contributed by atoms with van der Waals surface area (Å²) >= 11 is -0.232. The van der Waals surface area contributed by atoms with Crippen molar-refractivity contribution in [3.8, 4) is 11.3 Å². The summed E-state index contributed by atoms with van der Waals surface area (Å²) < 4.78 is 36.7. The van der Waals surface area contributed by atoms with E-state index in [-0.39, 0.29) is 28.0 Å². The van der Waals surface area contributed by atoms with Crippen LogP contribution in [0.25, 0.3) is 11.3 Å². The third kappa shape index (κ3) is 3.50. The van der Waals surface area contributed by atoms with Crippen LogP contribution >= 0.6 is 11.8 Å². The number of hydrogen-bond donors (Lipinski definition) is 2. The van der Waals surface area contributed by atoms with Crippen molar-refractivity contribution < 1.29 is 23.1 Å². The molecule has 0 bridgehead atoms. The van der Waals surface area contributed by atoms with Crippen LogP contribution in [0.15, 0.2) is 35.2 Å². The van der Waals surface area contributed by atoms with Gasteiger partial charge in [0.05, 0.1) is 5.69 Å². The zero-order valence-electron chi connectivity index (χ0n) is 9.23. The maximum Gasteiger partial charge on any atom is 0.446 e. The van der Waals surface area contributed by atoms with Crippen molar-refractivity contribution in [2.75, 3.05) is 0 Å². The summed E-state index contributed by atoms with van der Waals surface area (Å²) in [6.07, 6.45) is 0. The predicted molar refractivity (Wildman–Crippen MR) is 62.9 cm³/mol. The second kappa shape index (κ2) is 4.96. The molecule has 8 heteroatoms. The normalized spacial score (nSPS) is 11.5. The van der Waals surface area contributed by atoms with E-state index in [0.29, 0.717) is 5.56 Å². The van der Waals surface area contributed by atoms with Crippen molar-refractivity contribution in [2.24, 2.45) is 0 Å². The third-order valence-electron chi connectivity index (χ3n) is 2.17. The van der Waals surface area contributed by atoms with E-state index in [1.54, 1.807) is 6.07 Å². The molecule has 0 spiro atoms. The van der Waals surface area contributed by atoms with Crippen molar-refractivity contribution in [1.29, 1.82) is 0 Å². The van der Waals surface area contributed by atoms with Gasteiger partial charge in [-0.15, -0.1) is 0 Å². The molecule has 100 valence electrons. The topological polar surface area (TPSA) is 66.0 Å². The molecular formula is C11H7F3N2O2S. The molecule has 19 heavy (non-hydrogen) atoms. The summed E-state index contributed by atoms with van der Waals surface area (Å²) in [6, 6.07) is 6.91. The van der Waals surface area contributed by atoms with Gasteiger partial charge >= 0.3 is 11.5 Å². The smallest absolute Gasteiger partial charge is 0.446 e. The molecule has 0 amide bonds. The van der Waals surface area contributed by atoms with E-state index >= 15 is 0 Å². The molecule has 0 saturated carbocycles. The molecule has 1 heterocycles. The summed E-state index contributed by atoms with van der Waals surface area (Å²) in [6.45, 7) is 0. The first-order chi connectivity index (χ1) is 8.85. The number of benzene rings is 1. The zero-order valence-corrected chi connectivity index (χ0v) is 10.0. The molecule has 4 nitrogen and oxygen atoms in total. The van der Waals surface area contributed by atoms with Crippen LogP contribution < -0.4 is 0 Å². The lowest BCUT2D eigenvalue weighted by Crippen LogP contribution is -1.98. The fourth-order valence-corrected chi connectivity index (χ4v) is 2.03. The van der Waals surface area contributed by atoms with Gasteiger partial charge in [-0.3, -0.25) is 5.10 Å². The molecule has 0 saturated heterocycles. The number of carboxylic acid groups (broad SMARTS) is 1. The van der Waals surface area contributed by atoms with Gasteiger partial charge in [-0.25, -0.2) is 4.79 Å². The Kier molecular flexibility index (Phi) is 3.52. The van der Waals surface area contributed by atoms with Gasteiger partial charge in [0, 0.05) is 10.5 Å². The number of rotatable bonds is 3. The highest BCUT2D eigenvalue weighted by Crippen LogP contribution is 2.37. The minimum atomic E-state index is -4.36. The van der Waals surface area contributed by atoms with Gasteiger partial charge in [-0.2, -0.15) is 18.3 Å². The molecule has 0 aliphatic heterocycles. The number of nitrogens with zero attached hydrogens (tertiary/aromatic N) is 1. The minimum Gasteiger partial charge on any atom is -0.477 e. The number of aromatic amines is 1. The quantitative estimate of drug-likeness (QED) is 0.850. The second-order valence-corrected chi connectivity index (χ2v) is 4.69. The van der Waals surface area contributed by atoms with Crippen LogP contribution in [0.2, 0.25) is 0 Å². The van der Waals surface area contributed by atoms with Crippen LogP contribution in [-0.2, 0) is 0 Å². The average molecular weight is 288 g/mol. The fourth-order valence-electron chi connectivity index (χ4n) is 1.43. The lowest BCUT2D eigenvalue weighted by molar-refractivity contribution is -0.0328. The van der Waals surface area contributed by atoms with Gasteiger partial charge in [-0.05, 0) is 30.0 Å². The first-order valence-electron chi connectivity index (χ1n) is 5.00. The highest BCUT2D eigenvalue weighted by Gasteiger charge is 2.29. The molecule has 0 aliphatic carbocycles. The molecule has 2 aromatic rings. The molecular weight excluding hydrogens is 281 g/mol. The van der Waals surface area contributed by atoms with Crippen molar-refractivity contribution in [3.05, 3.63) is 36.0 Å². The van der Waals surface area contributed by atoms with Crippen LogP contribution in [-0.4, -0.2) is 26.8 Å². The number of aromatic nitrogens is 2. The number of thioether (sulfide) groups is 1. The van der Waals surface area contributed by atoms with Gasteiger partial charge in [0.1, 0.15) is 5.69 Å². The summed E-state index contributed by atoms with van der Waals surface area (Å²) in [7, 11) is 0. The van der Waals surface area contributed by atoms with Crippen molar-refractivity contribution in [1.82, 2.24) is 10.2 Å². The minimum absolute atomic E-state index is 0.0184. The molecule has 0 aliphatic rings. The Balaban J connectivity index is 2.29. The molecule has 0 unspecified atom stereocenters. The summed E-state index contributed by atoms with van der Waals surface area (Å²) in [5, 5.41) is 14.8. The van der Waals surface area contributed by atoms with Gasteiger partial charge in [0.25, 0.3) is 0 Å². The number of carbonyl (C=O) groups is 1. The molecule has 0 atom stereocenters. The zero-order chi connectivity index (χ0) is 14.0. The largest absolute Gasteiger partial charge is 0.477 e. The third-order valence-corrected chi connectivity index (χ3v) is 2.89. The molecule has 0 radical (unpaired) electrons. The monoisotopic (exact) mass is 288 g/mol. The SMILES string of the molecule is O=C(O)c1cc(-c2cccc(SC(F)(F)F)c2)n[nH]1. The molecule has 1 aromatic heterocycles. The van der Waals surface area contributed by atoms with Crippen molar-refractivity contribution >= 4 is 17.7 Å². The maximum absolute atomic E-state index is 12.2. The average Bonchev–Trinajstić information content (AvgIpc) is 2.76. The highest BCUT2D eigenvalue weighted by atomic mass is 32.2. The van der Waals surface area contributed by atoms with E-state index < -0.39 is 11.5 Å². The highest BCUT2D eigenvalue weighted by molar-refractivity contribution is 8.00. The Hall–Kier alpha value is -1.96. The number of hydrogen-bond acceptors (Lipinski definition) is 3. The number of halogens is 3. The van der Waals surface area contributed by atoms with E-state index in [9.17, 15) is 18.0 Å². The van der Waals surface area contributed by atoms with E-state index in [4.69, 9.17) is 5.11 Å². The van der Waals surface area contributed by atoms with E-state index in [2.05, 4.69) is 10.2 Å². The lowest BCUT2D eigenvalue weighted by Gasteiger charge is -2.06. The number of carboxylic acids is 1. The number of aromatic carboxylic acids is 1. The van der Waals surface area contributed by atoms with Crippen LogP contribution in [0.5, 0.6) is 0 Å². The van der Waals surface area contributed by atoms with Crippen LogP contribution in [0.3, 0.4) is 0 Å². The lowest BCUT2D eigenvalue weighted by atomic mass is 10.1. The number of H-pyrrole nitrogens is 1. The number of nitrogens with one attached hydrogen (secondary N) is 1. The summed E-state index contributed by atoms with van der Waals surface area (Å²) in [4.78, 5) is 10.7. The molecule has 2 rings (SSSR count).